The van der Waals surface area contributed by atoms with Crippen molar-refractivity contribution in [3.63, 3.8) is 0 Å². The van der Waals surface area contributed by atoms with E-state index in [1.54, 1.807) is 20.2 Å². The molecule has 4 nitrogen and oxygen atoms in total. The molecule has 0 fully saturated rings. The number of hydrogen-bond acceptors (Lipinski definition) is 2. The Hall–Kier alpha value is -2.32. The van der Waals surface area contributed by atoms with Crippen molar-refractivity contribution in [1.29, 1.82) is 5.26 Å². The van der Waals surface area contributed by atoms with Gasteiger partial charge in [0.05, 0.1) is 0 Å². The fourth-order valence-electron chi connectivity index (χ4n) is 2.46. The smallest absolute Gasteiger partial charge is 0.264 e. The SMILES string of the molecule is Cc1cc(/C=C(/C#N)C(=O)N(C)C)c(C)n1-c1ccc(Br)cc1. The van der Waals surface area contributed by atoms with E-state index in [0.717, 1.165) is 27.1 Å². The highest BCUT2D eigenvalue weighted by Crippen LogP contribution is 2.24. The molecule has 2 rings (SSSR count). The summed E-state index contributed by atoms with van der Waals surface area (Å²) < 4.78 is 3.13. The molecule has 118 valence electrons. The Kier molecular flexibility index (Phi) is 5.07. The van der Waals surface area contributed by atoms with Crippen molar-refractivity contribution in [2.45, 2.75) is 13.8 Å². The fraction of sp³-hybridized carbons (Fsp3) is 0.222. The van der Waals surface area contributed by atoms with Crippen molar-refractivity contribution in [3.8, 4) is 11.8 Å². The standard InChI is InChI=1S/C18H18BrN3O/c1-12-9-14(10-15(11-20)18(23)21(3)4)13(2)22(12)17-7-5-16(19)6-8-17/h5-10H,1-4H3/b15-10-. The number of rotatable bonds is 3. The number of benzene rings is 1. The van der Waals surface area contributed by atoms with Gasteiger partial charge in [-0.15, -0.1) is 0 Å². The number of aryl methyl sites for hydroxylation is 1. The van der Waals surface area contributed by atoms with Gasteiger partial charge in [0.25, 0.3) is 5.91 Å². The van der Waals surface area contributed by atoms with Gasteiger partial charge in [0, 0.05) is 35.6 Å². The van der Waals surface area contributed by atoms with Gasteiger partial charge >= 0.3 is 0 Å². The minimum atomic E-state index is -0.291. The minimum Gasteiger partial charge on any atom is -0.344 e. The lowest BCUT2D eigenvalue weighted by Crippen LogP contribution is -2.22. The summed E-state index contributed by atoms with van der Waals surface area (Å²) in [5.74, 6) is -0.291. The first-order valence-electron chi connectivity index (χ1n) is 7.13. The Morgan fingerprint density at radius 2 is 1.87 bits per heavy atom. The largest absolute Gasteiger partial charge is 0.344 e. The number of carbonyl (C=O) groups is 1. The molecule has 0 aliphatic carbocycles. The molecule has 5 heteroatoms. The Balaban J connectivity index is 2.51. The summed E-state index contributed by atoms with van der Waals surface area (Å²) in [5.41, 5.74) is 4.08. The van der Waals surface area contributed by atoms with Gasteiger partial charge in [-0.2, -0.15) is 5.26 Å². The Bertz CT molecular complexity index is 808. The Labute approximate surface area is 144 Å². The molecule has 1 amide bonds. The molecule has 1 aromatic carbocycles. The molecule has 0 bridgehead atoms. The van der Waals surface area contributed by atoms with E-state index in [9.17, 15) is 10.1 Å². The van der Waals surface area contributed by atoms with Crippen LogP contribution in [0.2, 0.25) is 0 Å². The first-order valence-corrected chi connectivity index (χ1v) is 7.92. The van der Waals surface area contributed by atoms with E-state index in [2.05, 4.69) is 20.5 Å². The van der Waals surface area contributed by atoms with Crippen LogP contribution >= 0.6 is 15.9 Å². The van der Waals surface area contributed by atoms with Crippen LogP contribution < -0.4 is 0 Å². The molecule has 0 N–H and O–H groups in total. The minimum absolute atomic E-state index is 0.131. The van der Waals surface area contributed by atoms with E-state index < -0.39 is 0 Å². The number of carbonyl (C=O) groups excluding carboxylic acids is 1. The number of halogens is 1. The third-order valence-corrected chi connectivity index (χ3v) is 4.14. The molecular formula is C18H18BrN3O. The topological polar surface area (TPSA) is 49.0 Å². The van der Waals surface area contributed by atoms with Crippen LogP contribution in [0.4, 0.5) is 0 Å². The lowest BCUT2D eigenvalue weighted by molar-refractivity contribution is -0.124. The van der Waals surface area contributed by atoms with Gasteiger partial charge in [-0.3, -0.25) is 4.79 Å². The summed E-state index contributed by atoms with van der Waals surface area (Å²) in [6.07, 6.45) is 1.65. The van der Waals surface area contributed by atoms with Gasteiger partial charge in [0.1, 0.15) is 11.6 Å². The quantitative estimate of drug-likeness (QED) is 0.607. The first kappa shape index (κ1) is 17.0. The van der Waals surface area contributed by atoms with Crippen LogP contribution in [0.25, 0.3) is 11.8 Å². The monoisotopic (exact) mass is 371 g/mol. The summed E-state index contributed by atoms with van der Waals surface area (Å²) in [7, 11) is 3.28. The molecule has 23 heavy (non-hydrogen) atoms. The van der Waals surface area contributed by atoms with E-state index in [4.69, 9.17) is 0 Å². The normalized spacial score (nSPS) is 11.2. The second-order valence-electron chi connectivity index (χ2n) is 5.51. The number of aromatic nitrogens is 1. The molecule has 0 saturated heterocycles. The summed E-state index contributed by atoms with van der Waals surface area (Å²) in [6.45, 7) is 3.99. The van der Waals surface area contributed by atoms with Crippen LogP contribution in [0.3, 0.4) is 0 Å². The molecular weight excluding hydrogens is 354 g/mol. The van der Waals surface area contributed by atoms with E-state index in [1.807, 2.05) is 50.2 Å². The van der Waals surface area contributed by atoms with Crippen molar-refractivity contribution in [2.24, 2.45) is 0 Å². The van der Waals surface area contributed by atoms with Crippen molar-refractivity contribution >= 4 is 27.9 Å². The number of nitriles is 1. The molecule has 1 heterocycles. The fourth-order valence-corrected chi connectivity index (χ4v) is 2.72. The van der Waals surface area contributed by atoms with Gasteiger partial charge in [0.15, 0.2) is 0 Å². The van der Waals surface area contributed by atoms with E-state index in [1.165, 1.54) is 4.90 Å². The molecule has 0 unspecified atom stereocenters. The second-order valence-corrected chi connectivity index (χ2v) is 6.42. The summed E-state index contributed by atoms with van der Waals surface area (Å²) in [4.78, 5) is 13.4. The van der Waals surface area contributed by atoms with Crippen LogP contribution in [0.5, 0.6) is 0 Å². The molecule has 1 aromatic heterocycles. The highest BCUT2D eigenvalue weighted by atomic mass is 79.9. The molecule has 0 radical (unpaired) electrons. The Morgan fingerprint density at radius 3 is 2.39 bits per heavy atom. The average Bonchev–Trinajstić information content (AvgIpc) is 2.79. The summed E-state index contributed by atoms with van der Waals surface area (Å²) in [5, 5.41) is 9.24. The molecule has 0 saturated carbocycles. The van der Waals surface area contributed by atoms with E-state index in [0.29, 0.717) is 0 Å². The van der Waals surface area contributed by atoms with Crippen molar-refractivity contribution < 1.29 is 4.79 Å². The molecule has 2 aromatic rings. The zero-order valence-electron chi connectivity index (χ0n) is 13.6. The number of amides is 1. The van der Waals surface area contributed by atoms with E-state index >= 15 is 0 Å². The van der Waals surface area contributed by atoms with Crippen molar-refractivity contribution in [2.75, 3.05) is 14.1 Å². The van der Waals surface area contributed by atoms with Gasteiger partial charge < -0.3 is 9.47 Å². The van der Waals surface area contributed by atoms with Gasteiger partial charge in [-0.05, 0) is 55.8 Å². The summed E-state index contributed by atoms with van der Waals surface area (Å²) >= 11 is 3.43. The number of hydrogen-bond donors (Lipinski definition) is 0. The van der Waals surface area contributed by atoms with Gasteiger partial charge in [-0.25, -0.2) is 0 Å². The maximum Gasteiger partial charge on any atom is 0.264 e. The molecule has 0 spiro atoms. The van der Waals surface area contributed by atoms with Crippen LogP contribution in [-0.4, -0.2) is 29.5 Å². The predicted octanol–water partition coefficient (Wildman–Crippen LogP) is 3.85. The number of nitrogens with zero attached hydrogens (tertiary/aromatic N) is 3. The average molecular weight is 372 g/mol. The maximum atomic E-state index is 12.0. The first-order chi connectivity index (χ1) is 10.8. The highest BCUT2D eigenvalue weighted by molar-refractivity contribution is 9.10. The molecule has 0 aliphatic heterocycles. The van der Waals surface area contributed by atoms with Crippen LogP contribution in [-0.2, 0) is 4.79 Å². The van der Waals surface area contributed by atoms with Crippen LogP contribution in [0.15, 0.2) is 40.4 Å². The molecule has 0 aliphatic rings. The third-order valence-electron chi connectivity index (χ3n) is 3.61. The zero-order chi connectivity index (χ0) is 17.1. The second kappa shape index (κ2) is 6.84. The van der Waals surface area contributed by atoms with Gasteiger partial charge in [-0.1, -0.05) is 15.9 Å². The van der Waals surface area contributed by atoms with Crippen LogP contribution in [0.1, 0.15) is 17.0 Å². The van der Waals surface area contributed by atoms with Crippen molar-refractivity contribution in [3.05, 3.63) is 57.3 Å². The van der Waals surface area contributed by atoms with E-state index in [-0.39, 0.29) is 11.5 Å². The Morgan fingerprint density at radius 1 is 1.26 bits per heavy atom. The highest BCUT2D eigenvalue weighted by Gasteiger charge is 2.14. The van der Waals surface area contributed by atoms with Crippen molar-refractivity contribution in [1.82, 2.24) is 9.47 Å². The van der Waals surface area contributed by atoms with Crippen LogP contribution in [0, 0.1) is 25.2 Å². The lowest BCUT2D eigenvalue weighted by atomic mass is 10.1. The predicted molar refractivity (Wildman–Crippen MR) is 95.2 cm³/mol. The summed E-state index contributed by atoms with van der Waals surface area (Å²) in [6, 6.07) is 12.0. The third kappa shape index (κ3) is 3.54. The molecule has 0 atom stereocenters. The maximum absolute atomic E-state index is 12.0. The lowest BCUT2D eigenvalue weighted by Gasteiger charge is -2.10. The van der Waals surface area contributed by atoms with Gasteiger partial charge in [0.2, 0.25) is 0 Å². The zero-order valence-corrected chi connectivity index (χ0v) is 15.2. The number of likely N-dealkylation sites (N-methyl/N-ethyl adjacent to an activating group) is 1.